The molecular weight excluding hydrogens is 232 g/mol. The third kappa shape index (κ3) is 4.91. The first-order chi connectivity index (χ1) is 7.44. The van der Waals surface area contributed by atoms with Gasteiger partial charge in [0, 0.05) is 12.6 Å². The predicted molar refractivity (Wildman–Crippen MR) is 59.1 cm³/mol. The summed E-state index contributed by atoms with van der Waals surface area (Å²) in [6.07, 6.45) is 2.11. The topological polar surface area (TPSA) is 98.5 Å². The molecule has 6 nitrogen and oxygen atoms in total. The molecule has 1 fully saturated rings. The molecule has 0 bridgehead atoms. The minimum atomic E-state index is -3.61. The number of rotatable bonds is 7. The third-order valence-electron chi connectivity index (χ3n) is 2.38. The van der Waals surface area contributed by atoms with Crippen LogP contribution >= 0.6 is 0 Å². The Morgan fingerprint density at radius 1 is 1.56 bits per heavy atom. The highest BCUT2D eigenvalue weighted by Gasteiger charge is 2.29. The van der Waals surface area contributed by atoms with Crippen LogP contribution in [0.4, 0.5) is 0 Å². The van der Waals surface area contributed by atoms with E-state index >= 15 is 0 Å². The Kier molecular flexibility index (Phi) is 4.69. The van der Waals surface area contributed by atoms with Gasteiger partial charge in [0.2, 0.25) is 10.0 Å². The van der Waals surface area contributed by atoms with Crippen molar-refractivity contribution >= 4 is 16.0 Å². The first-order valence-electron chi connectivity index (χ1n) is 5.33. The fourth-order valence-electron chi connectivity index (χ4n) is 1.32. The average molecular weight is 250 g/mol. The number of carbonyl (C=O) groups excluding carboxylic acids is 1. The molecule has 1 saturated carbocycles. The highest BCUT2D eigenvalue weighted by molar-refractivity contribution is 7.90. The molecular formula is C9H18N2O4S. The average Bonchev–Trinajstić information content (AvgIpc) is 2.96. The molecule has 0 aliphatic heterocycles. The number of carbonyl (C=O) groups is 1. The second kappa shape index (κ2) is 5.60. The van der Waals surface area contributed by atoms with Crippen LogP contribution in [0.5, 0.6) is 0 Å². The summed E-state index contributed by atoms with van der Waals surface area (Å²) in [5.74, 6) is -0.960. The molecule has 1 unspecified atom stereocenters. The predicted octanol–water partition coefficient (Wildman–Crippen LogP) is -0.794. The second-order valence-corrected chi connectivity index (χ2v) is 5.72. The number of nitrogens with two attached hydrogens (primary N) is 1. The highest BCUT2D eigenvalue weighted by atomic mass is 32.2. The lowest BCUT2D eigenvalue weighted by atomic mass is 10.2. The van der Waals surface area contributed by atoms with Crippen molar-refractivity contribution in [1.82, 2.24) is 4.72 Å². The van der Waals surface area contributed by atoms with Crippen LogP contribution in [0.2, 0.25) is 0 Å². The van der Waals surface area contributed by atoms with Gasteiger partial charge in [0.05, 0.1) is 6.61 Å². The number of ether oxygens (including phenoxy) is 1. The number of esters is 1. The Balaban J connectivity index is 2.30. The standard InChI is InChI=1S/C9H18N2O4S/c1-2-15-9(12)6-16(13,14)11-5-8(10)7-3-4-7/h7-8,11H,2-6,10H2,1H3. The lowest BCUT2D eigenvalue weighted by Gasteiger charge is -2.11. The number of nitrogens with one attached hydrogen (secondary N) is 1. The molecule has 0 saturated heterocycles. The number of hydrogen-bond acceptors (Lipinski definition) is 5. The maximum atomic E-state index is 11.4. The lowest BCUT2D eigenvalue weighted by molar-refractivity contribution is -0.139. The molecule has 0 spiro atoms. The smallest absolute Gasteiger partial charge is 0.322 e. The SMILES string of the molecule is CCOC(=O)CS(=O)(=O)NCC(N)C1CC1. The van der Waals surface area contributed by atoms with Crippen LogP contribution in [0, 0.1) is 5.92 Å². The maximum absolute atomic E-state index is 11.4. The van der Waals surface area contributed by atoms with Crippen molar-refractivity contribution in [2.45, 2.75) is 25.8 Å². The molecule has 16 heavy (non-hydrogen) atoms. The van der Waals surface area contributed by atoms with Crippen molar-refractivity contribution < 1.29 is 17.9 Å². The molecule has 1 aliphatic carbocycles. The van der Waals surface area contributed by atoms with Crippen LogP contribution in [-0.2, 0) is 19.6 Å². The fraction of sp³-hybridized carbons (Fsp3) is 0.889. The summed E-state index contributed by atoms with van der Waals surface area (Å²) in [6.45, 7) is 1.99. The van der Waals surface area contributed by atoms with Crippen molar-refractivity contribution in [3.05, 3.63) is 0 Å². The van der Waals surface area contributed by atoms with Gasteiger partial charge in [-0.2, -0.15) is 0 Å². The van der Waals surface area contributed by atoms with Crippen LogP contribution in [0.1, 0.15) is 19.8 Å². The van der Waals surface area contributed by atoms with Crippen molar-refractivity contribution in [1.29, 1.82) is 0 Å². The zero-order valence-electron chi connectivity index (χ0n) is 9.31. The van der Waals surface area contributed by atoms with E-state index in [2.05, 4.69) is 9.46 Å². The van der Waals surface area contributed by atoms with E-state index in [1.165, 1.54) is 0 Å². The summed E-state index contributed by atoms with van der Waals surface area (Å²) in [7, 11) is -3.61. The van der Waals surface area contributed by atoms with Gasteiger partial charge in [0.25, 0.3) is 0 Å². The van der Waals surface area contributed by atoms with Crippen molar-refractivity contribution in [3.8, 4) is 0 Å². The van der Waals surface area contributed by atoms with Gasteiger partial charge in [-0.25, -0.2) is 13.1 Å². The fourth-order valence-corrected chi connectivity index (χ4v) is 2.27. The Morgan fingerprint density at radius 3 is 2.69 bits per heavy atom. The van der Waals surface area contributed by atoms with Crippen molar-refractivity contribution in [2.24, 2.45) is 11.7 Å². The minimum absolute atomic E-state index is 0.156. The summed E-state index contributed by atoms with van der Waals surface area (Å²) < 4.78 is 29.7. The Morgan fingerprint density at radius 2 is 2.19 bits per heavy atom. The van der Waals surface area contributed by atoms with Crippen LogP contribution in [-0.4, -0.2) is 39.3 Å². The lowest BCUT2D eigenvalue weighted by Crippen LogP contribution is -2.40. The van der Waals surface area contributed by atoms with E-state index in [-0.39, 0.29) is 19.2 Å². The van der Waals surface area contributed by atoms with Gasteiger partial charge in [-0.05, 0) is 25.7 Å². The first kappa shape index (κ1) is 13.4. The number of hydrogen-bond donors (Lipinski definition) is 2. The molecule has 7 heteroatoms. The van der Waals surface area contributed by atoms with E-state index in [0.29, 0.717) is 5.92 Å². The summed E-state index contributed by atoms with van der Waals surface area (Å²) in [5.41, 5.74) is 5.73. The van der Waals surface area contributed by atoms with Crippen LogP contribution in [0.25, 0.3) is 0 Å². The first-order valence-corrected chi connectivity index (χ1v) is 6.98. The van der Waals surface area contributed by atoms with Gasteiger partial charge < -0.3 is 10.5 Å². The molecule has 1 rings (SSSR count). The van der Waals surface area contributed by atoms with Crippen molar-refractivity contribution in [3.63, 3.8) is 0 Å². The van der Waals surface area contributed by atoms with E-state index in [0.717, 1.165) is 12.8 Å². The zero-order chi connectivity index (χ0) is 12.2. The maximum Gasteiger partial charge on any atom is 0.322 e. The Labute approximate surface area is 95.6 Å². The zero-order valence-corrected chi connectivity index (χ0v) is 10.1. The Bertz CT molecular complexity index is 337. The molecule has 94 valence electrons. The molecule has 0 aromatic rings. The third-order valence-corrected chi connectivity index (χ3v) is 3.60. The summed E-state index contributed by atoms with van der Waals surface area (Å²) in [5, 5.41) is 0. The summed E-state index contributed by atoms with van der Waals surface area (Å²) in [6, 6.07) is -0.156. The summed E-state index contributed by atoms with van der Waals surface area (Å²) in [4.78, 5) is 11.0. The molecule has 1 aliphatic rings. The van der Waals surface area contributed by atoms with E-state index in [1.807, 2.05) is 0 Å². The van der Waals surface area contributed by atoms with Crippen molar-refractivity contribution in [2.75, 3.05) is 18.9 Å². The van der Waals surface area contributed by atoms with Gasteiger partial charge in [-0.1, -0.05) is 0 Å². The quantitative estimate of drug-likeness (QED) is 0.577. The van der Waals surface area contributed by atoms with Gasteiger partial charge >= 0.3 is 5.97 Å². The van der Waals surface area contributed by atoms with Gasteiger partial charge in [-0.3, -0.25) is 4.79 Å². The van der Waals surface area contributed by atoms with Gasteiger partial charge in [0.1, 0.15) is 0 Å². The van der Waals surface area contributed by atoms with Crippen LogP contribution in [0.3, 0.4) is 0 Å². The molecule has 0 radical (unpaired) electrons. The number of sulfonamides is 1. The second-order valence-electron chi connectivity index (χ2n) is 3.91. The monoisotopic (exact) mass is 250 g/mol. The molecule has 0 aromatic heterocycles. The minimum Gasteiger partial charge on any atom is -0.465 e. The molecule has 1 atom stereocenters. The van der Waals surface area contributed by atoms with Gasteiger partial charge in [-0.15, -0.1) is 0 Å². The molecule has 0 amide bonds. The highest BCUT2D eigenvalue weighted by Crippen LogP contribution is 2.31. The van der Waals surface area contributed by atoms with Crippen LogP contribution in [0.15, 0.2) is 0 Å². The largest absolute Gasteiger partial charge is 0.465 e. The van der Waals surface area contributed by atoms with E-state index in [4.69, 9.17) is 5.73 Å². The normalized spacial score (nSPS) is 18.1. The van der Waals surface area contributed by atoms with E-state index in [9.17, 15) is 13.2 Å². The molecule has 0 heterocycles. The Hall–Kier alpha value is -0.660. The molecule has 0 aromatic carbocycles. The summed E-state index contributed by atoms with van der Waals surface area (Å²) >= 11 is 0. The van der Waals surface area contributed by atoms with E-state index in [1.54, 1.807) is 6.92 Å². The van der Waals surface area contributed by atoms with Gasteiger partial charge in [0.15, 0.2) is 5.75 Å². The van der Waals surface area contributed by atoms with E-state index < -0.39 is 21.7 Å². The molecule has 3 N–H and O–H groups in total. The van der Waals surface area contributed by atoms with Crippen LogP contribution < -0.4 is 10.5 Å².